The molecule has 2 atom stereocenters. The van der Waals surface area contributed by atoms with E-state index in [4.69, 9.17) is 17.3 Å². The van der Waals surface area contributed by atoms with E-state index in [0.29, 0.717) is 10.0 Å². The highest BCUT2D eigenvalue weighted by atomic mass is 79.9. The first kappa shape index (κ1) is 14.0. The molecule has 1 aliphatic heterocycles. The summed E-state index contributed by atoms with van der Waals surface area (Å²) in [7, 11) is 0. The average molecular weight is 357 g/mol. The maximum atomic E-state index is 14.0. The molecule has 1 saturated heterocycles. The minimum Gasteiger partial charge on any atom is -0.323 e. The van der Waals surface area contributed by atoms with Crippen molar-refractivity contribution < 1.29 is 4.39 Å². The third-order valence-electron chi connectivity index (χ3n) is 2.67. The highest BCUT2D eigenvalue weighted by Crippen LogP contribution is 2.36. The van der Waals surface area contributed by atoms with Gasteiger partial charge in [-0.3, -0.25) is 0 Å². The van der Waals surface area contributed by atoms with Crippen LogP contribution < -0.4 is 5.73 Å². The highest BCUT2D eigenvalue weighted by molar-refractivity contribution is 9.10. The van der Waals surface area contributed by atoms with E-state index >= 15 is 0 Å². The van der Waals surface area contributed by atoms with Crippen LogP contribution in [0.15, 0.2) is 16.6 Å². The van der Waals surface area contributed by atoms with Crippen LogP contribution >= 0.6 is 51.1 Å². The van der Waals surface area contributed by atoms with Gasteiger partial charge in [-0.2, -0.15) is 23.5 Å². The molecule has 0 bridgehead atoms. The molecule has 0 aliphatic carbocycles. The lowest BCUT2D eigenvalue weighted by atomic mass is 10.0. The van der Waals surface area contributed by atoms with Crippen LogP contribution in [0.5, 0.6) is 0 Å². The molecule has 0 saturated carbocycles. The van der Waals surface area contributed by atoms with Crippen LogP contribution in [0.3, 0.4) is 0 Å². The molecule has 0 aromatic heterocycles. The Morgan fingerprint density at radius 2 is 2.24 bits per heavy atom. The van der Waals surface area contributed by atoms with Crippen molar-refractivity contribution in [2.75, 3.05) is 17.3 Å². The predicted molar refractivity (Wildman–Crippen MR) is 79.6 cm³/mol. The molecule has 1 aromatic carbocycles. The monoisotopic (exact) mass is 355 g/mol. The molecule has 0 radical (unpaired) electrons. The van der Waals surface area contributed by atoms with Crippen LogP contribution in [-0.2, 0) is 0 Å². The van der Waals surface area contributed by atoms with E-state index in [2.05, 4.69) is 15.9 Å². The molecule has 2 unspecified atom stereocenters. The predicted octanol–water partition coefficient (Wildman–Crippen LogP) is 4.09. The molecule has 2 rings (SSSR count). The van der Waals surface area contributed by atoms with E-state index in [1.54, 1.807) is 12.1 Å². The molecule has 2 N–H and O–H groups in total. The zero-order valence-electron chi connectivity index (χ0n) is 8.96. The fourth-order valence-corrected chi connectivity index (χ4v) is 4.98. The molecular weight excluding hydrogens is 345 g/mol. The first-order valence-corrected chi connectivity index (χ1v) is 8.57. The molecule has 1 nitrogen and oxygen atoms in total. The third kappa shape index (κ3) is 3.13. The van der Waals surface area contributed by atoms with Gasteiger partial charge in [-0.15, -0.1) is 0 Å². The summed E-state index contributed by atoms with van der Waals surface area (Å²) in [5.41, 5.74) is 6.65. The van der Waals surface area contributed by atoms with Crippen molar-refractivity contribution in [1.29, 1.82) is 0 Å². The molecule has 0 amide bonds. The molecule has 17 heavy (non-hydrogen) atoms. The topological polar surface area (TPSA) is 26.0 Å². The lowest BCUT2D eigenvalue weighted by Crippen LogP contribution is -2.29. The molecule has 6 heteroatoms. The van der Waals surface area contributed by atoms with Gasteiger partial charge in [0, 0.05) is 38.6 Å². The number of rotatable bonds is 2. The molecule has 1 heterocycles. The quantitative estimate of drug-likeness (QED) is 0.808. The van der Waals surface area contributed by atoms with Crippen LogP contribution in [0.1, 0.15) is 11.6 Å². The van der Waals surface area contributed by atoms with Gasteiger partial charge in [0.2, 0.25) is 0 Å². The zero-order chi connectivity index (χ0) is 12.4. The van der Waals surface area contributed by atoms with Crippen LogP contribution in [0, 0.1) is 5.82 Å². The van der Waals surface area contributed by atoms with Crippen molar-refractivity contribution in [2.45, 2.75) is 11.3 Å². The lowest BCUT2D eigenvalue weighted by molar-refractivity contribution is 0.580. The van der Waals surface area contributed by atoms with Gasteiger partial charge < -0.3 is 5.73 Å². The first-order valence-electron chi connectivity index (χ1n) is 5.19. The Kier molecular flexibility index (Phi) is 5.06. The summed E-state index contributed by atoms with van der Waals surface area (Å²) in [6, 6.07) is 3.18. The number of thioether (sulfide) groups is 2. The number of hydrogen-bond acceptors (Lipinski definition) is 3. The van der Waals surface area contributed by atoms with Crippen molar-refractivity contribution in [3.05, 3.63) is 33.0 Å². The summed E-state index contributed by atoms with van der Waals surface area (Å²) in [6.45, 7) is 0. The molecule has 1 aromatic rings. The van der Waals surface area contributed by atoms with Gasteiger partial charge in [-0.05, 0) is 22.0 Å². The van der Waals surface area contributed by atoms with Crippen LogP contribution in [0.2, 0.25) is 5.02 Å². The summed E-state index contributed by atoms with van der Waals surface area (Å²) < 4.78 is 14.6. The van der Waals surface area contributed by atoms with Crippen LogP contribution in [-0.4, -0.2) is 22.5 Å². The molecule has 1 fully saturated rings. The van der Waals surface area contributed by atoms with Crippen molar-refractivity contribution in [2.24, 2.45) is 5.73 Å². The van der Waals surface area contributed by atoms with E-state index in [1.807, 2.05) is 23.5 Å². The highest BCUT2D eigenvalue weighted by Gasteiger charge is 2.26. The number of nitrogens with two attached hydrogens (primary N) is 1. The maximum absolute atomic E-state index is 14.0. The Bertz CT molecular complexity index is 413. The molecular formula is C11H12BrClFNS2. The normalized spacial score (nSPS) is 22.5. The van der Waals surface area contributed by atoms with E-state index < -0.39 is 5.82 Å². The van der Waals surface area contributed by atoms with Crippen molar-refractivity contribution in [3.63, 3.8) is 0 Å². The summed E-state index contributed by atoms with van der Waals surface area (Å²) in [6.07, 6.45) is 0. The van der Waals surface area contributed by atoms with Gasteiger partial charge in [-0.25, -0.2) is 4.39 Å². The van der Waals surface area contributed by atoms with Crippen molar-refractivity contribution in [3.8, 4) is 0 Å². The Hall–Kier alpha value is 0.580. The minimum atomic E-state index is -0.398. The van der Waals surface area contributed by atoms with Gasteiger partial charge in [0.15, 0.2) is 0 Å². The van der Waals surface area contributed by atoms with Gasteiger partial charge in [-0.1, -0.05) is 17.7 Å². The molecule has 0 spiro atoms. The van der Waals surface area contributed by atoms with Gasteiger partial charge in [0.05, 0.1) is 5.02 Å². The Morgan fingerprint density at radius 3 is 2.88 bits per heavy atom. The van der Waals surface area contributed by atoms with Crippen LogP contribution in [0.4, 0.5) is 4.39 Å². The maximum Gasteiger partial charge on any atom is 0.147 e. The second-order valence-electron chi connectivity index (χ2n) is 3.77. The second kappa shape index (κ2) is 6.15. The largest absolute Gasteiger partial charge is 0.323 e. The van der Waals surface area contributed by atoms with Gasteiger partial charge >= 0.3 is 0 Å². The van der Waals surface area contributed by atoms with E-state index in [-0.39, 0.29) is 16.3 Å². The zero-order valence-corrected chi connectivity index (χ0v) is 12.9. The number of hydrogen-bond donors (Lipinski definition) is 1. The summed E-state index contributed by atoms with van der Waals surface area (Å²) in [5, 5.41) is 0.381. The van der Waals surface area contributed by atoms with Crippen molar-refractivity contribution in [1.82, 2.24) is 0 Å². The SMILES string of the molecule is NC(c1ccc(Br)c(Cl)c1F)C1CSCCS1. The van der Waals surface area contributed by atoms with Crippen molar-refractivity contribution >= 4 is 51.1 Å². The smallest absolute Gasteiger partial charge is 0.147 e. The van der Waals surface area contributed by atoms with Gasteiger partial charge in [0.1, 0.15) is 5.82 Å². The summed E-state index contributed by atoms with van der Waals surface area (Å²) in [4.78, 5) is 0. The van der Waals surface area contributed by atoms with E-state index in [1.165, 1.54) is 0 Å². The Balaban J connectivity index is 2.24. The van der Waals surface area contributed by atoms with E-state index in [0.717, 1.165) is 17.3 Å². The Labute approximate surface area is 122 Å². The molecule has 94 valence electrons. The first-order chi connectivity index (χ1) is 8.11. The second-order valence-corrected chi connectivity index (χ2v) is 7.50. The fourth-order valence-electron chi connectivity index (χ4n) is 1.71. The average Bonchev–Trinajstić information content (AvgIpc) is 2.36. The summed E-state index contributed by atoms with van der Waals surface area (Å²) in [5.74, 6) is 2.80. The van der Waals surface area contributed by atoms with E-state index in [9.17, 15) is 4.39 Å². The number of halogens is 3. The number of benzene rings is 1. The summed E-state index contributed by atoms with van der Waals surface area (Å²) >= 11 is 12.8. The lowest BCUT2D eigenvalue weighted by Gasteiger charge is -2.27. The molecule has 1 aliphatic rings. The van der Waals surface area contributed by atoms with Gasteiger partial charge in [0.25, 0.3) is 0 Å². The van der Waals surface area contributed by atoms with Crippen LogP contribution in [0.25, 0.3) is 0 Å². The fraction of sp³-hybridized carbons (Fsp3) is 0.455. The third-order valence-corrected chi connectivity index (χ3v) is 6.81. The minimum absolute atomic E-state index is 0.117. The standard InChI is InChI=1S/C11H12BrClFNS2/c12-7-2-1-6(10(14)9(7)13)11(15)8-5-16-3-4-17-8/h1-2,8,11H,3-5,15H2. The Morgan fingerprint density at radius 1 is 1.47 bits per heavy atom.